The number of nitrogens with one attached hydrogen (secondary N) is 1. The lowest BCUT2D eigenvalue weighted by Crippen LogP contribution is -2.16. The van der Waals surface area contributed by atoms with Gasteiger partial charge >= 0.3 is 0 Å². The van der Waals surface area contributed by atoms with Crippen molar-refractivity contribution in [1.82, 2.24) is 4.98 Å². The molecule has 0 unspecified atom stereocenters. The van der Waals surface area contributed by atoms with Gasteiger partial charge < -0.3 is 14.8 Å². The lowest BCUT2D eigenvalue weighted by Gasteiger charge is -2.15. The van der Waals surface area contributed by atoms with Crippen LogP contribution in [0.2, 0.25) is 5.02 Å². The number of anilines is 1. The van der Waals surface area contributed by atoms with Crippen LogP contribution in [0.1, 0.15) is 24.8 Å². The van der Waals surface area contributed by atoms with E-state index < -0.39 is 0 Å². The van der Waals surface area contributed by atoms with E-state index in [1.165, 1.54) is 0 Å². The molecule has 0 atom stereocenters. The van der Waals surface area contributed by atoms with Crippen LogP contribution in [0.3, 0.4) is 0 Å². The Morgan fingerprint density at radius 3 is 2.69 bits per heavy atom. The van der Waals surface area contributed by atoms with Crippen molar-refractivity contribution in [2.45, 2.75) is 19.3 Å². The van der Waals surface area contributed by atoms with E-state index in [1.54, 1.807) is 6.20 Å². The molecule has 0 fully saturated rings. The first-order valence-corrected chi connectivity index (χ1v) is 10.1. The van der Waals surface area contributed by atoms with E-state index >= 15 is 0 Å². The molecule has 2 heterocycles. The lowest BCUT2D eigenvalue weighted by atomic mass is 10.2. The molecule has 0 aliphatic carbocycles. The third-order valence-corrected chi connectivity index (χ3v) is 4.73. The fourth-order valence-electron chi connectivity index (χ4n) is 3.07. The number of nitrogens with zero attached hydrogens (tertiary/aromatic N) is 2. The molecule has 1 N–H and O–H groups in total. The van der Waals surface area contributed by atoms with E-state index in [0.717, 1.165) is 30.5 Å². The predicted molar refractivity (Wildman–Crippen MR) is 117 cm³/mol. The highest BCUT2D eigenvalue weighted by atomic mass is 35.5. The van der Waals surface area contributed by atoms with E-state index in [1.807, 2.05) is 60.7 Å². The van der Waals surface area contributed by atoms with Gasteiger partial charge in [0.25, 0.3) is 0 Å². The van der Waals surface area contributed by atoms with Crippen LogP contribution in [-0.4, -0.2) is 24.0 Å². The van der Waals surface area contributed by atoms with Crippen molar-refractivity contribution < 1.29 is 9.47 Å². The number of para-hydroxylation sites is 2. The van der Waals surface area contributed by atoms with Crippen LogP contribution in [0.4, 0.5) is 5.69 Å². The van der Waals surface area contributed by atoms with Gasteiger partial charge in [0.1, 0.15) is 5.84 Å². The minimum absolute atomic E-state index is 0.469. The Balaban J connectivity index is 1.73. The van der Waals surface area contributed by atoms with Crippen LogP contribution in [0.15, 0.2) is 71.9 Å². The van der Waals surface area contributed by atoms with Crippen LogP contribution in [0, 0.1) is 0 Å². The summed E-state index contributed by atoms with van der Waals surface area (Å²) in [7, 11) is 0. The van der Waals surface area contributed by atoms with Crippen molar-refractivity contribution in [3.8, 4) is 17.4 Å². The Kier molecular flexibility index (Phi) is 6.27. The molecule has 5 nitrogen and oxygen atoms in total. The van der Waals surface area contributed by atoms with Gasteiger partial charge in [-0.15, -0.1) is 0 Å². The molecule has 2 aromatic carbocycles. The van der Waals surface area contributed by atoms with Gasteiger partial charge in [-0.05, 0) is 61.7 Å². The first kappa shape index (κ1) is 19.3. The van der Waals surface area contributed by atoms with Crippen LogP contribution >= 0.6 is 11.6 Å². The van der Waals surface area contributed by atoms with E-state index in [-0.39, 0.29) is 0 Å². The van der Waals surface area contributed by atoms with Gasteiger partial charge in [-0.2, -0.15) is 0 Å². The number of hydrogen-bond acceptors (Lipinski definition) is 5. The minimum atomic E-state index is 0.469. The molecule has 0 radical (unpaired) electrons. The molecule has 1 aromatic heterocycles. The fourth-order valence-corrected chi connectivity index (χ4v) is 3.26. The first-order valence-electron chi connectivity index (χ1n) is 9.72. The number of hydrogen-bond donors (Lipinski definition) is 1. The molecule has 0 amide bonds. The molecule has 0 spiro atoms. The average molecular weight is 408 g/mol. The summed E-state index contributed by atoms with van der Waals surface area (Å²) in [5.41, 5.74) is 1.64. The molecular formula is C23H22ClN3O2. The first-order chi connectivity index (χ1) is 14.3. The molecular weight excluding hydrogens is 386 g/mol. The number of pyridine rings is 1. The topological polar surface area (TPSA) is 55.7 Å². The second kappa shape index (κ2) is 9.43. The van der Waals surface area contributed by atoms with Crippen molar-refractivity contribution in [3.63, 3.8) is 0 Å². The quantitative estimate of drug-likeness (QED) is 0.541. The number of halogens is 1. The summed E-state index contributed by atoms with van der Waals surface area (Å²) >= 11 is 6.15. The van der Waals surface area contributed by atoms with Crippen LogP contribution in [-0.2, 0) is 0 Å². The van der Waals surface area contributed by atoms with Gasteiger partial charge in [0, 0.05) is 23.5 Å². The molecule has 0 bridgehead atoms. The number of benzene rings is 2. The summed E-state index contributed by atoms with van der Waals surface area (Å²) in [5, 5.41) is 4.04. The number of ether oxygens (including phenoxy) is 2. The van der Waals surface area contributed by atoms with E-state index in [4.69, 9.17) is 26.1 Å². The Hall–Kier alpha value is -3.05. The maximum absolute atomic E-state index is 6.16. The number of fused-ring (bicyclic) bond motifs is 2. The van der Waals surface area contributed by atoms with Gasteiger partial charge in [-0.1, -0.05) is 29.8 Å². The highest BCUT2D eigenvalue weighted by Crippen LogP contribution is 2.32. The van der Waals surface area contributed by atoms with E-state index in [0.29, 0.717) is 41.4 Å². The van der Waals surface area contributed by atoms with Crippen molar-refractivity contribution >= 4 is 23.1 Å². The summed E-state index contributed by atoms with van der Waals surface area (Å²) in [4.78, 5) is 9.27. The molecule has 0 saturated heterocycles. The number of rotatable bonds is 1. The minimum Gasteiger partial charge on any atom is -0.490 e. The maximum Gasteiger partial charge on any atom is 0.230 e. The van der Waals surface area contributed by atoms with Gasteiger partial charge in [0.05, 0.1) is 12.2 Å². The highest BCUT2D eigenvalue weighted by Gasteiger charge is 2.16. The van der Waals surface area contributed by atoms with Gasteiger partial charge in [0.2, 0.25) is 5.88 Å². The Morgan fingerprint density at radius 1 is 0.897 bits per heavy atom. The number of amidine groups is 1. The average Bonchev–Trinajstić information content (AvgIpc) is 2.75. The third-order valence-electron chi connectivity index (χ3n) is 4.50. The molecule has 148 valence electrons. The summed E-state index contributed by atoms with van der Waals surface area (Å²) in [5.74, 6) is 2.52. The largest absolute Gasteiger partial charge is 0.490 e. The Labute approximate surface area is 175 Å². The number of aromatic nitrogens is 1. The second-order valence-corrected chi connectivity index (χ2v) is 7.12. The van der Waals surface area contributed by atoms with E-state index in [9.17, 15) is 0 Å². The van der Waals surface area contributed by atoms with Crippen LogP contribution in [0.25, 0.3) is 0 Å². The molecule has 6 heteroatoms. The molecule has 4 rings (SSSR count). The molecule has 0 saturated carbocycles. The van der Waals surface area contributed by atoms with Crippen molar-refractivity contribution in [3.05, 3.63) is 77.4 Å². The fraction of sp³-hybridized carbons (Fsp3) is 0.217. The highest BCUT2D eigenvalue weighted by molar-refractivity contribution is 6.31. The van der Waals surface area contributed by atoms with Gasteiger partial charge in [0.15, 0.2) is 11.5 Å². The number of aliphatic imine (C=N–C) groups is 1. The standard InChI is InChI=1S/C23H22ClN3O2/c24-17-8-6-9-18(16-17)27-22-19-10-7-14-26-23(19)29-21-12-3-2-11-20(21)28-15-5-1-4-13-25-22/h2-3,6-12,14,16H,1,4-5,13,15H2,(H,25,27). The molecule has 1 aliphatic rings. The van der Waals surface area contributed by atoms with Crippen molar-refractivity contribution in [1.29, 1.82) is 0 Å². The van der Waals surface area contributed by atoms with Crippen LogP contribution in [0.5, 0.6) is 17.4 Å². The lowest BCUT2D eigenvalue weighted by molar-refractivity contribution is 0.291. The SMILES string of the molecule is Clc1cccc(NC2=NCCCCCOc3ccccc3Oc3ncccc32)c1. The molecule has 1 aliphatic heterocycles. The summed E-state index contributed by atoms with van der Waals surface area (Å²) < 4.78 is 12.1. The van der Waals surface area contributed by atoms with Crippen molar-refractivity contribution in [2.75, 3.05) is 18.5 Å². The smallest absolute Gasteiger partial charge is 0.230 e. The monoisotopic (exact) mass is 407 g/mol. The summed E-state index contributed by atoms with van der Waals surface area (Å²) in [6.07, 6.45) is 4.68. The zero-order chi connectivity index (χ0) is 19.9. The Morgan fingerprint density at radius 2 is 1.79 bits per heavy atom. The van der Waals surface area contributed by atoms with E-state index in [2.05, 4.69) is 10.3 Å². The third kappa shape index (κ3) is 5.06. The molecule has 3 aromatic rings. The zero-order valence-corrected chi connectivity index (χ0v) is 16.7. The molecule has 29 heavy (non-hydrogen) atoms. The summed E-state index contributed by atoms with van der Waals surface area (Å²) in [6.45, 7) is 1.34. The van der Waals surface area contributed by atoms with Crippen molar-refractivity contribution in [2.24, 2.45) is 4.99 Å². The normalized spacial score (nSPS) is 14.4. The van der Waals surface area contributed by atoms with Crippen LogP contribution < -0.4 is 14.8 Å². The van der Waals surface area contributed by atoms with Gasteiger partial charge in [-0.25, -0.2) is 4.98 Å². The van der Waals surface area contributed by atoms with Gasteiger partial charge in [-0.3, -0.25) is 4.99 Å². The zero-order valence-electron chi connectivity index (χ0n) is 16.0. The maximum atomic E-state index is 6.16. The predicted octanol–water partition coefficient (Wildman–Crippen LogP) is 5.95. The second-order valence-electron chi connectivity index (χ2n) is 6.68. The summed E-state index contributed by atoms with van der Waals surface area (Å²) in [6, 6.07) is 19.0. The Bertz CT molecular complexity index is 1010.